The maximum atomic E-state index is 12.0. The van der Waals surface area contributed by atoms with Crippen LogP contribution in [0.15, 0.2) is 12.1 Å². The Kier molecular flexibility index (Phi) is 5.63. The van der Waals surface area contributed by atoms with Crippen molar-refractivity contribution < 1.29 is 19.1 Å². The predicted octanol–water partition coefficient (Wildman–Crippen LogP) is 3.53. The van der Waals surface area contributed by atoms with Crippen molar-refractivity contribution in [3.63, 3.8) is 0 Å². The van der Waals surface area contributed by atoms with Gasteiger partial charge >= 0.3 is 5.97 Å². The largest absolute Gasteiger partial charge is 0.489 e. The molecule has 0 heterocycles. The Morgan fingerprint density at radius 3 is 2.42 bits per heavy atom. The molecule has 0 saturated carbocycles. The third kappa shape index (κ3) is 4.11. The normalized spacial score (nSPS) is 10.4. The van der Waals surface area contributed by atoms with Crippen LogP contribution in [0.3, 0.4) is 0 Å². The van der Waals surface area contributed by atoms with Crippen molar-refractivity contribution in [2.24, 2.45) is 0 Å². The molecule has 0 aromatic heterocycles. The summed E-state index contributed by atoms with van der Waals surface area (Å²) >= 11 is 11.8. The molecule has 0 atom stereocenters. The number of halogens is 2. The lowest BCUT2D eigenvalue weighted by atomic mass is 10.1. The van der Waals surface area contributed by atoms with E-state index >= 15 is 0 Å². The number of benzene rings is 1. The van der Waals surface area contributed by atoms with Gasteiger partial charge in [-0.2, -0.15) is 0 Å². The van der Waals surface area contributed by atoms with Crippen molar-refractivity contribution in [1.82, 2.24) is 0 Å². The fourth-order valence-corrected chi connectivity index (χ4v) is 1.93. The van der Waals surface area contributed by atoms with Gasteiger partial charge in [0.1, 0.15) is 5.75 Å². The smallest absolute Gasteiger partial charge is 0.379 e. The quantitative estimate of drug-likeness (QED) is 0.474. The second-order valence-electron chi connectivity index (χ2n) is 3.98. The minimum atomic E-state index is -0.963. The average molecular weight is 305 g/mol. The summed E-state index contributed by atoms with van der Waals surface area (Å²) in [4.78, 5) is 23.5. The number of hydrogen-bond acceptors (Lipinski definition) is 4. The van der Waals surface area contributed by atoms with Gasteiger partial charge in [-0.15, -0.1) is 0 Å². The highest BCUT2D eigenvalue weighted by atomic mass is 35.5. The van der Waals surface area contributed by atoms with Gasteiger partial charge in [0.05, 0.1) is 23.3 Å². The van der Waals surface area contributed by atoms with Crippen LogP contribution in [0.1, 0.15) is 31.1 Å². The molecule has 0 amide bonds. The maximum Gasteiger partial charge on any atom is 0.379 e. The van der Waals surface area contributed by atoms with Gasteiger partial charge in [-0.3, -0.25) is 4.79 Å². The summed E-state index contributed by atoms with van der Waals surface area (Å²) in [5.74, 6) is -1.66. The van der Waals surface area contributed by atoms with Crippen molar-refractivity contribution in [2.75, 3.05) is 6.61 Å². The SMILES string of the molecule is CCOC(=O)C(=O)c1cc(Cl)cc(Cl)c1OC(C)C. The number of esters is 1. The van der Waals surface area contributed by atoms with Gasteiger partial charge in [0.25, 0.3) is 5.78 Å². The van der Waals surface area contributed by atoms with E-state index < -0.39 is 11.8 Å². The van der Waals surface area contributed by atoms with Crippen LogP contribution >= 0.6 is 23.2 Å². The molecule has 0 spiro atoms. The molecule has 0 fully saturated rings. The molecule has 0 aliphatic carbocycles. The second-order valence-corrected chi connectivity index (χ2v) is 4.82. The molecule has 1 rings (SSSR count). The molecule has 0 radical (unpaired) electrons. The maximum absolute atomic E-state index is 12.0. The van der Waals surface area contributed by atoms with Gasteiger partial charge in [-0.05, 0) is 32.9 Å². The van der Waals surface area contributed by atoms with Gasteiger partial charge in [-0.25, -0.2) is 4.79 Å². The van der Waals surface area contributed by atoms with E-state index in [2.05, 4.69) is 4.74 Å². The van der Waals surface area contributed by atoms with Gasteiger partial charge in [0.15, 0.2) is 0 Å². The van der Waals surface area contributed by atoms with Crippen LogP contribution in [0.4, 0.5) is 0 Å². The summed E-state index contributed by atoms with van der Waals surface area (Å²) < 4.78 is 10.1. The summed E-state index contributed by atoms with van der Waals surface area (Å²) in [6.07, 6.45) is -0.201. The fraction of sp³-hybridized carbons (Fsp3) is 0.385. The lowest BCUT2D eigenvalue weighted by Crippen LogP contribution is -2.19. The van der Waals surface area contributed by atoms with Crippen LogP contribution in [0, 0.1) is 0 Å². The minimum absolute atomic E-state index is 0.00431. The van der Waals surface area contributed by atoms with Crippen LogP contribution < -0.4 is 4.74 Å². The third-order valence-electron chi connectivity index (χ3n) is 2.07. The first-order chi connectivity index (χ1) is 8.86. The second kappa shape index (κ2) is 6.78. The molecule has 0 aliphatic heterocycles. The van der Waals surface area contributed by atoms with Crippen molar-refractivity contribution in [2.45, 2.75) is 26.9 Å². The molecule has 0 N–H and O–H groups in total. The zero-order chi connectivity index (χ0) is 14.6. The van der Waals surface area contributed by atoms with Crippen LogP contribution in [-0.2, 0) is 9.53 Å². The molecule has 0 unspecified atom stereocenters. The topological polar surface area (TPSA) is 52.6 Å². The molecule has 104 valence electrons. The molecule has 0 aliphatic rings. The summed E-state index contributed by atoms with van der Waals surface area (Å²) in [5.41, 5.74) is 0.00431. The van der Waals surface area contributed by atoms with Crippen LogP contribution in [0.5, 0.6) is 5.75 Å². The fourth-order valence-electron chi connectivity index (χ4n) is 1.39. The third-order valence-corrected chi connectivity index (χ3v) is 2.57. The van der Waals surface area contributed by atoms with Gasteiger partial charge in [-0.1, -0.05) is 23.2 Å². The predicted molar refractivity (Wildman–Crippen MR) is 73.2 cm³/mol. The van der Waals surface area contributed by atoms with Crippen molar-refractivity contribution in [1.29, 1.82) is 0 Å². The van der Waals surface area contributed by atoms with Crippen molar-refractivity contribution >= 4 is 35.0 Å². The van der Waals surface area contributed by atoms with E-state index in [1.54, 1.807) is 20.8 Å². The highest BCUT2D eigenvalue weighted by Gasteiger charge is 2.24. The summed E-state index contributed by atoms with van der Waals surface area (Å²) in [7, 11) is 0. The molecule has 0 saturated heterocycles. The van der Waals surface area contributed by atoms with Gasteiger partial charge in [0.2, 0.25) is 0 Å². The lowest BCUT2D eigenvalue weighted by Gasteiger charge is -2.15. The van der Waals surface area contributed by atoms with Gasteiger partial charge in [0, 0.05) is 5.02 Å². The van der Waals surface area contributed by atoms with Crippen LogP contribution in [-0.4, -0.2) is 24.5 Å². The number of Topliss-reactive ketones (excluding diaryl/α,β-unsaturated/α-hetero) is 1. The van der Waals surface area contributed by atoms with E-state index in [9.17, 15) is 9.59 Å². The number of hydrogen-bond donors (Lipinski definition) is 0. The molecule has 0 bridgehead atoms. The molecule has 4 nitrogen and oxygen atoms in total. The summed E-state index contributed by atoms with van der Waals surface area (Å²) in [6, 6.07) is 2.78. The van der Waals surface area contributed by atoms with Gasteiger partial charge < -0.3 is 9.47 Å². The van der Waals surface area contributed by atoms with Crippen molar-refractivity contribution in [3.05, 3.63) is 27.7 Å². The highest BCUT2D eigenvalue weighted by molar-refractivity contribution is 6.43. The van der Waals surface area contributed by atoms with E-state index in [-0.39, 0.29) is 34.1 Å². The van der Waals surface area contributed by atoms with E-state index in [4.69, 9.17) is 27.9 Å². The number of carbonyl (C=O) groups excluding carboxylic acids is 2. The molecular formula is C13H14Cl2O4. The first-order valence-electron chi connectivity index (χ1n) is 5.74. The van der Waals surface area contributed by atoms with Crippen LogP contribution in [0.25, 0.3) is 0 Å². The first-order valence-corrected chi connectivity index (χ1v) is 6.49. The molecule has 1 aromatic rings. The van der Waals surface area contributed by atoms with Crippen molar-refractivity contribution in [3.8, 4) is 5.75 Å². The minimum Gasteiger partial charge on any atom is -0.489 e. The van der Waals surface area contributed by atoms with E-state index in [1.165, 1.54) is 12.1 Å². The Balaban J connectivity index is 3.24. The monoisotopic (exact) mass is 304 g/mol. The summed E-state index contributed by atoms with van der Waals surface area (Å²) in [6.45, 7) is 5.29. The first kappa shape index (κ1) is 15.8. The number of rotatable bonds is 5. The Hall–Kier alpha value is -1.26. The highest BCUT2D eigenvalue weighted by Crippen LogP contribution is 2.33. The Morgan fingerprint density at radius 1 is 1.26 bits per heavy atom. The number of carbonyl (C=O) groups is 2. The summed E-state index contributed by atoms with van der Waals surface area (Å²) in [5, 5.41) is 0.419. The van der Waals surface area contributed by atoms with E-state index in [0.29, 0.717) is 0 Å². The standard InChI is InChI=1S/C13H14Cl2O4/c1-4-18-13(17)11(16)9-5-8(14)6-10(15)12(9)19-7(2)3/h5-7H,4H2,1-3H3. The van der Waals surface area contributed by atoms with E-state index in [0.717, 1.165) is 0 Å². The number of ketones is 1. The molecule has 6 heteroatoms. The molecular weight excluding hydrogens is 291 g/mol. The molecule has 19 heavy (non-hydrogen) atoms. The Labute approximate surface area is 121 Å². The van der Waals surface area contributed by atoms with E-state index in [1.807, 2.05) is 0 Å². The zero-order valence-electron chi connectivity index (χ0n) is 10.8. The Bertz CT molecular complexity index is 498. The van der Waals surface area contributed by atoms with Crippen LogP contribution in [0.2, 0.25) is 10.0 Å². The Morgan fingerprint density at radius 2 is 1.89 bits per heavy atom. The number of ether oxygens (including phenoxy) is 2. The molecule has 1 aromatic carbocycles. The lowest BCUT2D eigenvalue weighted by molar-refractivity contribution is -0.137. The zero-order valence-corrected chi connectivity index (χ0v) is 12.3. The average Bonchev–Trinajstić information content (AvgIpc) is 2.31.